The van der Waals surface area contributed by atoms with Crippen LogP contribution >= 0.6 is 0 Å². The van der Waals surface area contributed by atoms with E-state index >= 15 is 0 Å². The number of anilines is 2. The normalized spacial score (nSPS) is 11.2. The van der Waals surface area contributed by atoms with Gasteiger partial charge in [0.1, 0.15) is 0 Å². The molecule has 0 unspecified atom stereocenters. The summed E-state index contributed by atoms with van der Waals surface area (Å²) in [5, 5.41) is 0. The third-order valence-corrected chi connectivity index (χ3v) is 4.35. The summed E-state index contributed by atoms with van der Waals surface area (Å²) in [4.78, 5) is 4.06. The maximum absolute atomic E-state index is 12.3. The predicted octanol–water partition coefficient (Wildman–Crippen LogP) is 1.49. The molecule has 5 nitrogen and oxygen atoms in total. The number of benzene rings is 1. The predicted molar refractivity (Wildman–Crippen MR) is 70.7 cm³/mol. The van der Waals surface area contributed by atoms with Crippen molar-refractivity contribution in [3.63, 3.8) is 0 Å². The first-order chi connectivity index (χ1) is 8.53. The van der Waals surface area contributed by atoms with E-state index in [9.17, 15) is 8.42 Å². The minimum absolute atomic E-state index is 0.226. The van der Waals surface area contributed by atoms with Crippen molar-refractivity contribution in [2.45, 2.75) is 4.90 Å². The molecule has 18 heavy (non-hydrogen) atoms. The van der Waals surface area contributed by atoms with Crippen LogP contribution in [-0.4, -0.2) is 20.4 Å². The summed E-state index contributed by atoms with van der Waals surface area (Å²) in [7, 11) is -2.12. The smallest absolute Gasteiger partial charge is 0.264 e. The highest BCUT2D eigenvalue weighted by Gasteiger charge is 2.22. The fourth-order valence-corrected chi connectivity index (χ4v) is 2.81. The Labute approximate surface area is 106 Å². The van der Waals surface area contributed by atoms with E-state index in [0.29, 0.717) is 11.4 Å². The molecule has 0 saturated carbocycles. The van der Waals surface area contributed by atoms with Crippen LogP contribution in [0.3, 0.4) is 0 Å². The molecule has 0 bridgehead atoms. The van der Waals surface area contributed by atoms with E-state index in [1.54, 1.807) is 36.4 Å². The lowest BCUT2D eigenvalue weighted by atomic mass is 10.3. The Hall–Kier alpha value is -2.08. The number of sulfonamides is 1. The number of aromatic nitrogens is 1. The molecule has 0 atom stereocenters. The van der Waals surface area contributed by atoms with E-state index in [4.69, 9.17) is 5.73 Å². The lowest BCUT2D eigenvalue weighted by Gasteiger charge is -2.20. The molecule has 94 valence electrons. The highest BCUT2D eigenvalue weighted by molar-refractivity contribution is 7.92. The quantitative estimate of drug-likeness (QED) is 0.910. The molecule has 1 heterocycles. The van der Waals surface area contributed by atoms with Crippen molar-refractivity contribution in [3.05, 3.63) is 48.8 Å². The van der Waals surface area contributed by atoms with E-state index in [2.05, 4.69) is 4.98 Å². The van der Waals surface area contributed by atoms with E-state index in [-0.39, 0.29) is 4.90 Å². The van der Waals surface area contributed by atoms with Gasteiger partial charge in [-0.2, -0.15) is 0 Å². The summed E-state index contributed by atoms with van der Waals surface area (Å²) >= 11 is 0. The molecule has 0 fully saturated rings. The molecule has 0 aliphatic carbocycles. The first-order valence-electron chi connectivity index (χ1n) is 5.27. The number of nitrogens with two attached hydrogens (primary N) is 1. The summed E-state index contributed by atoms with van der Waals surface area (Å²) in [6.45, 7) is 0. The molecule has 0 spiro atoms. The molecule has 2 aromatic rings. The van der Waals surface area contributed by atoms with Crippen molar-refractivity contribution < 1.29 is 8.42 Å². The first kappa shape index (κ1) is 12.4. The Kier molecular flexibility index (Phi) is 3.20. The number of nitrogen functional groups attached to an aromatic ring is 1. The van der Waals surface area contributed by atoms with Crippen molar-refractivity contribution >= 4 is 21.4 Å². The second kappa shape index (κ2) is 4.66. The molecule has 2 N–H and O–H groups in total. The van der Waals surface area contributed by atoms with Gasteiger partial charge in [0.25, 0.3) is 10.0 Å². The van der Waals surface area contributed by atoms with Gasteiger partial charge in [0.05, 0.1) is 22.5 Å². The summed E-state index contributed by atoms with van der Waals surface area (Å²) in [6.07, 6.45) is 2.93. The molecule has 0 aliphatic rings. The van der Waals surface area contributed by atoms with E-state index in [1.165, 1.54) is 19.4 Å². The van der Waals surface area contributed by atoms with Crippen LogP contribution in [-0.2, 0) is 10.0 Å². The topological polar surface area (TPSA) is 76.3 Å². The van der Waals surface area contributed by atoms with Gasteiger partial charge in [-0.05, 0) is 18.2 Å². The van der Waals surface area contributed by atoms with Crippen LogP contribution in [0.5, 0.6) is 0 Å². The van der Waals surface area contributed by atoms with Crippen LogP contribution in [0.4, 0.5) is 11.4 Å². The molecule has 0 radical (unpaired) electrons. The molecule has 1 aromatic heterocycles. The lowest BCUT2D eigenvalue weighted by Crippen LogP contribution is -2.27. The maximum atomic E-state index is 12.3. The highest BCUT2D eigenvalue weighted by Crippen LogP contribution is 2.25. The maximum Gasteiger partial charge on any atom is 0.264 e. The zero-order chi connectivity index (χ0) is 13.2. The Balaban J connectivity index is 2.47. The molecular formula is C12H13N3O2S. The van der Waals surface area contributed by atoms with Gasteiger partial charge in [-0.25, -0.2) is 8.42 Å². The van der Waals surface area contributed by atoms with E-state index < -0.39 is 10.0 Å². The fraction of sp³-hybridized carbons (Fsp3) is 0.0833. The van der Waals surface area contributed by atoms with Gasteiger partial charge in [0.2, 0.25) is 0 Å². The second-order valence-electron chi connectivity index (χ2n) is 3.72. The molecular weight excluding hydrogens is 250 g/mol. The number of rotatable bonds is 3. The second-order valence-corrected chi connectivity index (χ2v) is 5.69. The molecule has 0 saturated heterocycles. The summed E-state index contributed by atoms with van der Waals surface area (Å²) in [6, 6.07) is 9.77. The highest BCUT2D eigenvalue weighted by atomic mass is 32.2. The Morgan fingerprint density at radius 3 is 2.44 bits per heavy atom. The van der Waals surface area contributed by atoms with Gasteiger partial charge in [0.15, 0.2) is 0 Å². The van der Waals surface area contributed by atoms with Crippen LogP contribution in [0.1, 0.15) is 0 Å². The zero-order valence-corrected chi connectivity index (χ0v) is 10.6. The number of hydrogen-bond donors (Lipinski definition) is 1. The fourth-order valence-electron chi connectivity index (χ4n) is 1.57. The molecule has 2 rings (SSSR count). The summed E-state index contributed by atoms with van der Waals surface area (Å²) in [5.74, 6) is 0. The SMILES string of the molecule is CN(c1ccncc1N)S(=O)(=O)c1ccccc1. The minimum atomic E-state index is -3.59. The van der Waals surface area contributed by atoms with Gasteiger partial charge in [0, 0.05) is 13.2 Å². The van der Waals surface area contributed by atoms with E-state index in [1.807, 2.05) is 0 Å². The third-order valence-electron chi connectivity index (χ3n) is 2.57. The largest absolute Gasteiger partial charge is 0.396 e. The minimum Gasteiger partial charge on any atom is -0.396 e. The standard InChI is InChI=1S/C12H13N3O2S/c1-15(12-7-8-14-9-11(12)13)18(16,17)10-5-3-2-4-6-10/h2-9H,13H2,1H3. The average molecular weight is 263 g/mol. The summed E-state index contributed by atoms with van der Waals surface area (Å²) in [5.41, 5.74) is 6.46. The Bertz CT molecular complexity index is 641. The van der Waals surface area contributed by atoms with Crippen LogP contribution < -0.4 is 10.0 Å². The van der Waals surface area contributed by atoms with Crippen molar-refractivity contribution in [2.24, 2.45) is 0 Å². The summed E-state index contributed by atoms with van der Waals surface area (Å²) < 4.78 is 25.8. The molecule has 6 heteroatoms. The van der Waals surface area contributed by atoms with E-state index in [0.717, 1.165) is 4.31 Å². The van der Waals surface area contributed by atoms with Crippen LogP contribution in [0.15, 0.2) is 53.7 Å². The number of nitrogens with zero attached hydrogens (tertiary/aromatic N) is 2. The average Bonchev–Trinajstić information content (AvgIpc) is 2.39. The molecule has 0 amide bonds. The zero-order valence-electron chi connectivity index (χ0n) is 9.82. The van der Waals surface area contributed by atoms with Crippen molar-refractivity contribution in [1.29, 1.82) is 0 Å². The number of hydrogen-bond acceptors (Lipinski definition) is 4. The van der Waals surface area contributed by atoms with Gasteiger partial charge >= 0.3 is 0 Å². The van der Waals surface area contributed by atoms with Crippen LogP contribution in [0.2, 0.25) is 0 Å². The Morgan fingerprint density at radius 2 is 1.83 bits per heavy atom. The third kappa shape index (κ3) is 2.14. The number of pyridine rings is 1. The monoisotopic (exact) mass is 263 g/mol. The van der Waals surface area contributed by atoms with Crippen molar-refractivity contribution in [1.82, 2.24) is 4.98 Å². The van der Waals surface area contributed by atoms with Crippen LogP contribution in [0.25, 0.3) is 0 Å². The molecule has 0 aliphatic heterocycles. The Morgan fingerprint density at radius 1 is 1.17 bits per heavy atom. The van der Waals surface area contributed by atoms with Gasteiger partial charge in [-0.1, -0.05) is 18.2 Å². The van der Waals surface area contributed by atoms with Crippen molar-refractivity contribution in [3.8, 4) is 0 Å². The lowest BCUT2D eigenvalue weighted by molar-refractivity contribution is 0.594. The van der Waals surface area contributed by atoms with Crippen molar-refractivity contribution in [2.75, 3.05) is 17.1 Å². The van der Waals surface area contributed by atoms with Crippen LogP contribution in [0, 0.1) is 0 Å². The first-order valence-corrected chi connectivity index (χ1v) is 6.71. The van der Waals surface area contributed by atoms with Gasteiger partial charge in [-0.3, -0.25) is 9.29 Å². The van der Waals surface area contributed by atoms with Gasteiger partial charge < -0.3 is 5.73 Å². The van der Waals surface area contributed by atoms with Gasteiger partial charge in [-0.15, -0.1) is 0 Å². The molecule has 1 aromatic carbocycles.